The molecule has 6 nitrogen and oxygen atoms in total. The van der Waals surface area contributed by atoms with Crippen molar-refractivity contribution >= 4 is 28.0 Å². The van der Waals surface area contributed by atoms with Gasteiger partial charge in [-0.05, 0) is 44.0 Å². The summed E-state index contributed by atoms with van der Waals surface area (Å²) in [5.74, 6) is 0.749. The predicted molar refractivity (Wildman–Crippen MR) is 120 cm³/mol. The molecular weight excluding hydrogens is 394 g/mol. The summed E-state index contributed by atoms with van der Waals surface area (Å²) >= 11 is 1.62. The molecule has 152 valence electrons. The van der Waals surface area contributed by atoms with Gasteiger partial charge in [0.05, 0.1) is 12.2 Å². The normalized spacial score (nSPS) is 13.5. The molecule has 0 unspecified atom stereocenters. The van der Waals surface area contributed by atoms with Crippen LogP contribution in [0.1, 0.15) is 27.3 Å². The number of carbonyl (C=O) groups is 1. The second kappa shape index (κ2) is 7.25. The van der Waals surface area contributed by atoms with Gasteiger partial charge in [0.1, 0.15) is 0 Å². The lowest BCUT2D eigenvalue weighted by Gasteiger charge is -2.26. The molecule has 0 saturated carbocycles. The van der Waals surface area contributed by atoms with Crippen LogP contribution in [0.4, 0.5) is 10.5 Å². The van der Waals surface area contributed by atoms with Crippen molar-refractivity contribution in [3.05, 3.63) is 69.7 Å². The predicted octanol–water partition coefficient (Wildman–Crippen LogP) is 4.97. The third-order valence-electron chi connectivity index (χ3n) is 5.39. The Morgan fingerprint density at radius 2 is 1.77 bits per heavy atom. The lowest BCUT2D eigenvalue weighted by Crippen LogP contribution is -2.38. The number of hydrogen-bond acceptors (Lipinski definition) is 4. The second-order valence-electron chi connectivity index (χ2n) is 7.95. The van der Waals surface area contributed by atoms with Crippen LogP contribution < -0.4 is 5.32 Å². The molecule has 2 amide bonds. The summed E-state index contributed by atoms with van der Waals surface area (Å²) in [4.78, 5) is 21.4. The molecule has 0 bridgehead atoms. The molecule has 0 spiro atoms. The number of aryl methyl sites for hydroxylation is 3. The van der Waals surface area contributed by atoms with Crippen LogP contribution in [0.3, 0.4) is 0 Å². The van der Waals surface area contributed by atoms with Gasteiger partial charge in [0.15, 0.2) is 5.82 Å². The van der Waals surface area contributed by atoms with Crippen LogP contribution in [0, 0.1) is 20.8 Å². The molecule has 2 aromatic heterocycles. The van der Waals surface area contributed by atoms with E-state index < -0.39 is 0 Å². The van der Waals surface area contributed by atoms with E-state index in [9.17, 15) is 4.79 Å². The van der Waals surface area contributed by atoms with Gasteiger partial charge in [-0.1, -0.05) is 47.2 Å². The Morgan fingerprint density at radius 3 is 2.50 bits per heavy atom. The number of urea groups is 1. The Morgan fingerprint density at radius 1 is 1.03 bits per heavy atom. The first-order valence-corrected chi connectivity index (χ1v) is 10.9. The van der Waals surface area contributed by atoms with Crippen molar-refractivity contribution < 1.29 is 4.79 Å². The first kappa shape index (κ1) is 18.8. The Labute approximate surface area is 179 Å². The molecule has 1 aliphatic rings. The van der Waals surface area contributed by atoms with Crippen molar-refractivity contribution in [3.63, 3.8) is 0 Å². The molecule has 0 fully saturated rings. The molecule has 30 heavy (non-hydrogen) atoms. The van der Waals surface area contributed by atoms with Crippen LogP contribution in [0.2, 0.25) is 0 Å². The van der Waals surface area contributed by atoms with Crippen LogP contribution in [-0.2, 0) is 13.0 Å². The maximum atomic E-state index is 12.8. The zero-order valence-corrected chi connectivity index (χ0v) is 18.1. The third-order valence-corrected chi connectivity index (χ3v) is 6.45. The number of thiazole rings is 1. The highest BCUT2D eigenvalue weighted by atomic mass is 32.1. The SMILES string of the molecule is Cc1ccc(-c2nc3sc4c(n3n2)CCN(C(=O)Nc2cc(C)cc(C)c2)C4)cc1. The smallest absolute Gasteiger partial charge is 0.319 e. The Hall–Kier alpha value is -3.19. The van der Waals surface area contributed by atoms with E-state index in [1.165, 1.54) is 5.56 Å². The number of nitrogens with one attached hydrogen (secondary N) is 1. The van der Waals surface area contributed by atoms with E-state index in [0.717, 1.165) is 50.2 Å². The molecule has 4 aromatic rings. The van der Waals surface area contributed by atoms with Gasteiger partial charge in [-0.2, -0.15) is 4.98 Å². The molecule has 7 heteroatoms. The average Bonchev–Trinajstić information content (AvgIpc) is 3.25. The highest BCUT2D eigenvalue weighted by molar-refractivity contribution is 7.17. The largest absolute Gasteiger partial charge is 0.322 e. The minimum atomic E-state index is -0.0648. The van der Waals surface area contributed by atoms with Crippen molar-refractivity contribution in [2.75, 3.05) is 11.9 Å². The fourth-order valence-electron chi connectivity index (χ4n) is 3.94. The Bertz CT molecular complexity index is 1230. The average molecular weight is 418 g/mol. The minimum absolute atomic E-state index is 0.0648. The molecule has 3 heterocycles. The zero-order valence-electron chi connectivity index (χ0n) is 17.3. The standard InChI is InChI=1S/C23H23N5OS/c1-14-4-6-17(7-5-14)21-25-23-28(26-21)19-8-9-27(13-20(19)30-23)22(29)24-18-11-15(2)10-16(3)12-18/h4-7,10-12H,8-9,13H2,1-3H3,(H,24,29). The molecule has 1 N–H and O–H groups in total. The zero-order chi connectivity index (χ0) is 20.8. The van der Waals surface area contributed by atoms with Crippen molar-refractivity contribution in [1.29, 1.82) is 0 Å². The van der Waals surface area contributed by atoms with Gasteiger partial charge in [0, 0.05) is 29.1 Å². The summed E-state index contributed by atoms with van der Waals surface area (Å²) < 4.78 is 1.95. The van der Waals surface area contributed by atoms with Gasteiger partial charge in [-0.3, -0.25) is 0 Å². The van der Waals surface area contributed by atoms with E-state index in [2.05, 4.69) is 42.6 Å². The summed E-state index contributed by atoms with van der Waals surface area (Å²) in [6, 6.07) is 14.3. The first-order valence-electron chi connectivity index (χ1n) is 10.0. The summed E-state index contributed by atoms with van der Waals surface area (Å²) in [5, 5.41) is 7.78. The van der Waals surface area contributed by atoms with Crippen LogP contribution in [0.15, 0.2) is 42.5 Å². The highest BCUT2D eigenvalue weighted by Crippen LogP contribution is 2.30. The molecule has 0 radical (unpaired) electrons. The number of hydrogen-bond donors (Lipinski definition) is 1. The molecule has 5 rings (SSSR count). The fraction of sp³-hybridized carbons (Fsp3) is 0.261. The number of nitrogens with zero attached hydrogens (tertiary/aromatic N) is 4. The number of amides is 2. The summed E-state index contributed by atoms with van der Waals surface area (Å²) in [7, 11) is 0. The van der Waals surface area contributed by atoms with Crippen molar-refractivity contribution in [2.24, 2.45) is 0 Å². The second-order valence-corrected chi connectivity index (χ2v) is 9.01. The number of carbonyl (C=O) groups excluding carboxylic acids is 1. The van der Waals surface area contributed by atoms with E-state index in [1.54, 1.807) is 11.3 Å². The van der Waals surface area contributed by atoms with Crippen molar-refractivity contribution in [1.82, 2.24) is 19.5 Å². The molecular formula is C23H23N5OS. The van der Waals surface area contributed by atoms with Crippen molar-refractivity contribution in [2.45, 2.75) is 33.7 Å². The number of anilines is 1. The monoisotopic (exact) mass is 417 g/mol. The molecule has 0 saturated heterocycles. The maximum Gasteiger partial charge on any atom is 0.322 e. The van der Waals surface area contributed by atoms with E-state index in [4.69, 9.17) is 10.1 Å². The summed E-state index contributed by atoms with van der Waals surface area (Å²) in [5.41, 5.74) is 6.53. The minimum Gasteiger partial charge on any atom is -0.319 e. The van der Waals surface area contributed by atoms with Gasteiger partial charge in [-0.15, -0.1) is 5.10 Å². The fourth-order valence-corrected chi connectivity index (χ4v) is 5.05. The van der Waals surface area contributed by atoms with Gasteiger partial charge in [-0.25, -0.2) is 9.31 Å². The van der Waals surface area contributed by atoms with Gasteiger partial charge >= 0.3 is 6.03 Å². The summed E-state index contributed by atoms with van der Waals surface area (Å²) in [6.07, 6.45) is 0.770. The van der Waals surface area contributed by atoms with Crippen LogP contribution in [0.25, 0.3) is 16.3 Å². The number of fused-ring (bicyclic) bond motifs is 3. The van der Waals surface area contributed by atoms with E-state index >= 15 is 0 Å². The van der Waals surface area contributed by atoms with E-state index in [-0.39, 0.29) is 6.03 Å². The molecule has 1 aliphatic heterocycles. The Kier molecular flexibility index (Phi) is 4.55. The van der Waals surface area contributed by atoms with Crippen LogP contribution in [0.5, 0.6) is 0 Å². The first-order chi connectivity index (χ1) is 14.5. The van der Waals surface area contributed by atoms with Gasteiger partial charge in [0.25, 0.3) is 0 Å². The Balaban J connectivity index is 1.35. The maximum absolute atomic E-state index is 12.8. The van der Waals surface area contributed by atoms with Gasteiger partial charge in [0.2, 0.25) is 4.96 Å². The van der Waals surface area contributed by atoms with Crippen LogP contribution in [-0.4, -0.2) is 32.1 Å². The number of aromatic nitrogens is 3. The van der Waals surface area contributed by atoms with Crippen LogP contribution >= 0.6 is 11.3 Å². The topological polar surface area (TPSA) is 62.5 Å². The third kappa shape index (κ3) is 3.45. The number of benzene rings is 2. The lowest BCUT2D eigenvalue weighted by atomic mass is 10.1. The van der Waals surface area contributed by atoms with Crippen molar-refractivity contribution in [3.8, 4) is 11.4 Å². The van der Waals surface area contributed by atoms with E-state index in [1.807, 2.05) is 35.4 Å². The number of rotatable bonds is 2. The van der Waals surface area contributed by atoms with E-state index in [0.29, 0.717) is 13.1 Å². The van der Waals surface area contributed by atoms with Gasteiger partial charge < -0.3 is 10.2 Å². The highest BCUT2D eigenvalue weighted by Gasteiger charge is 2.26. The lowest BCUT2D eigenvalue weighted by molar-refractivity contribution is 0.206. The quantitative estimate of drug-likeness (QED) is 0.501. The molecule has 2 aromatic carbocycles. The molecule has 0 atom stereocenters. The summed E-state index contributed by atoms with van der Waals surface area (Å²) in [6.45, 7) is 7.39. The molecule has 0 aliphatic carbocycles.